The van der Waals surface area contributed by atoms with E-state index in [4.69, 9.17) is 16.6 Å². The highest BCUT2D eigenvalue weighted by atomic mass is 35.5. The lowest BCUT2D eigenvalue weighted by molar-refractivity contribution is 0.797. The molecule has 0 aliphatic carbocycles. The second-order valence-corrected chi connectivity index (χ2v) is 7.29. The highest BCUT2D eigenvalue weighted by molar-refractivity contribution is 6.33. The van der Waals surface area contributed by atoms with Crippen molar-refractivity contribution in [3.63, 3.8) is 0 Å². The molecule has 8 nitrogen and oxygen atoms in total. The van der Waals surface area contributed by atoms with Crippen LogP contribution in [0.25, 0.3) is 21.8 Å². The zero-order valence-electron chi connectivity index (χ0n) is 16.5. The first-order chi connectivity index (χ1) is 14.6. The van der Waals surface area contributed by atoms with Gasteiger partial charge >= 0.3 is 0 Å². The third-order valence-corrected chi connectivity index (χ3v) is 5.32. The maximum atomic E-state index is 6.50. The Balaban J connectivity index is 1.53. The van der Waals surface area contributed by atoms with Gasteiger partial charge in [0.15, 0.2) is 5.82 Å². The number of nitrogens with one attached hydrogen (secondary N) is 2. The molecule has 3 heterocycles. The SMILES string of the molecule is CCN(c1nc(Nc2ccc3cnn(C)c3c2)ncc1Cl)c1cccc2[nH]ncc12. The molecule has 0 spiro atoms. The maximum absolute atomic E-state index is 6.50. The van der Waals surface area contributed by atoms with Gasteiger partial charge in [0.1, 0.15) is 5.02 Å². The van der Waals surface area contributed by atoms with E-state index in [0.29, 0.717) is 23.3 Å². The summed E-state index contributed by atoms with van der Waals surface area (Å²) in [6.45, 7) is 2.74. The van der Waals surface area contributed by atoms with Gasteiger partial charge < -0.3 is 10.2 Å². The highest BCUT2D eigenvalue weighted by Crippen LogP contribution is 2.34. The molecule has 30 heavy (non-hydrogen) atoms. The van der Waals surface area contributed by atoms with Crippen LogP contribution in [0, 0.1) is 0 Å². The Kier molecular flexibility index (Phi) is 4.48. The van der Waals surface area contributed by atoms with Crippen LogP contribution in [0.2, 0.25) is 5.02 Å². The number of aryl methyl sites for hydroxylation is 1. The minimum atomic E-state index is 0.466. The minimum absolute atomic E-state index is 0.466. The van der Waals surface area contributed by atoms with Gasteiger partial charge in [0, 0.05) is 30.1 Å². The van der Waals surface area contributed by atoms with E-state index in [0.717, 1.165) is 33.2 Å². The summed E-state index contributed by atoms with van der Waals surface area (Å²) >= 11 is 6.50. The number of fused-ring (bicyclic) bond motifs is 2. The number of H-pyrrole nitrogens is 1. The van der Waals surface area contributed by atoms with E-state index in [1.54, 1.807) is 6.20 Å². The summed E-state index contributed by atoms with van der Waals surface area (Å²) in [5, 5.41) is 17.3. The second kappa shape index (κ2) is 7.31. The van der Waals surface area contributed by atoms with Crippen LogP contribution in [0.1, 0.15) is 6.92 Å². The first-order valence-corrected chi connectivity index (χ1v) is 9.93. The molecule has 0 amide bonds. The van der Waals surface area contributed by atoms with Crippen LogP contribution >= 0.6 is 11.6 Å². The van der Waals surface area contributed by atoms with Crippen molar-refractivity contribution >= 4 is 56.5 Å². The number of benzene rings is 2. The summed E-state index contributed by atoms with van der Waals surface area (Å²) in [7, 11) is 1.92. The van der Waals surface area contributed by atoms with Crippen LogP contribution in [0.5, 0.6) is 0 Å². The summed E-state index contributed by atoms with van der Waals surface area (Å²) < 4.78 is 1.83. The fraction of sp³-hybridized carbons (Fsp3) is 0.143. The molecule has 0 saturated heterocycles. The van der Waals surface area contributed by atoms with Gasteiger partial charge in [-0.1, -0.05) is 17.7 Å². The van der Waals surface area contributed by atoms with Crippen molar-refractivity contribution in [2.24, 2.45) is 7.05 Å². The number of aromatic amines is 1. The molecule has 0 saturated carbocycles. The average molecular weight is 419 g/mol. The van der Waals surface area contributed by atoms with Crippen molar-refractivity contribution < 1.29 is 0 Å². The molecule has 150 valence electrons. The molecule has 0 atom stereocenters. The van der Waals surface area contributed by atoms with Crippen LogP contribution in [0.4, 0.5) is 23.1 Å². The van der Waals surface area contributed by atoms with Crippen LogP contribution < -0.4 is 10.2 Å². The lowest BCUT2D eigenvalue weighted by atomic mass is 10.2. The largest absolute Gasteiger partial charge is 0.325 e. The number of hydrogen-bond donors (Lipinski definition) is 2. The van der Waals surface area contributed by atoms with Crippen LogP contribution in [-0.2, 0) is 7.05 Å². The van der Waals surface area contributed by atoms with E-state index < -0.39 is 0 Å². The van der Waals surface area contributed by atoms with Crippen LogP contribution in [0.3, 0.4) is 0 Å². The lowest BCUT2D eigenvalue weighted by Gasteiger charge is -2.24. The van der Waals surface area contributed by atoms with Crippen molar-refractivity contribution in [3.05, 3.63) is 60.0 Å². The van der Waals surface area contributed by atoms with E-state index in [1.165, 1.54) is 0 Å². The highest BCUT2D eigenvalue weighted by Gasteiger charge is 2.17. The summed E-state index contributed by atoms with van der Waals surface area (Å²) in [5.74, 6) is 1.10. The number of aromatic nitrogens is 6. The van der Waals surface area contributed by atoms with E-state index in [2.05, 4.69) is 37.4 Å². The fourth-order valence-electron chi connectivity index (χ4n) is 3.58. The third kappa shape index (κ3) is 3.11. The van der Waals surface area contributed by atoms with Crippen LogP contribution in [0.15, 0.2) is 55.0 Å². The third-order valence-electron chi connectivity index (χ3n) is 5.06. The molecular weight excluding hydrogens is 400 g/mol. The zero-order valence-corrected chi connectivity index (χ0v) is 17.2. The number of nitrogens with zero attached hydrogens (tertiary/aromatic N) is 6. The molecule has 2 aromatic carbocycles. The molecule has 0 bridgehead atoms. The predicted octanol–water partition coefficient (Wildman–Crippen LogP) is 4.79. The Hall–Kier alpha value is -3.65. The van der Waals surface area contributed by atoms with Crippen molar-refractivity contribution in [2.45, 2.75) is 6.92 Å². The first kappa shape index (κ1) is 18.4. The van der Waals surface area contributed by atoms with Gasteiger partial charge in [-0.2, -0.15) is 15.2 Å². The second-order valence-electron chi connectivity index (χ2n) is 6.88. The zero-order chi connectivity index (χ0) is 20.7. The van der Waals surface area contributed by atoms with Crippen molar-refractivity contribution in [3.8, 4) is 0 Å². The Bertz CT molecular complexity index is 1360. The molecule has 3 aromatic heterocycles. The van der Waals surface area contributed by atoms with Gasteiger partial charge in [0.2, 0.25) is 5.95 Å². The molecule has 0 aliphatic heterocycles. The Morgan fingerprint density at radius 3 is 2.93 bits per heavy atom. The van der Waals surface area contributed by atoms with Gasteiger partial charge in [-0.05, 0) is 37.3 Å². The quantitative estimate of drug-likeness (QED) is 0.426. The molecule has 0 aliphatic rings. The number of hydrogen-bond acceptors (Lipinski definition) is 6. The molecule has 5 rings (SSSR count). The Morgan fingerprint density at radius 2 is 2.07 bits per heavy atom. The average Bonchev–Trinajstić information content (AvgIpc) is 3.38. The number of rotatable bonds is 5. The monoisotopic (exact) mass is 418 g/mol. The minimum Gasteiger partial charge on any atom is -0.325 e. The Morgan fingerprint density at radius 1 is 1.17 bits per heavy atom. The molecular formula is C21H19ClN8. The topological polar surface area (TPSA) is 87.5 Å². The smallest absolute Gasteiger partial charge is 0.229 e. The predicted molar refractivity (Wildman–Crippen MR) is 120 cm³/mol. The molecule has 0 unspecified atom stereocenters. The maximum Gasteiger partial charge on any atom is 0.229 e. The van der Waals surface area contributed by atoms with Crippen molar-refractivity contribution in [1.82, 2.24) is 29.9 Å². The summed E-state index contributed by atoms with van der Waals surface area (Å²) in [5.41, 5.74) is 3.83. The van der Waals surface area contributed by atoms with E-state index >= 15 is 0 Å². The molecule has 0 fully saturated rings. The van der Waals surface area contributed by atoms with Crippen molar-refractivity contribution in [1.29, 1.82) is 0 Å². The Labute approximate surface area is 177 Å². The summed E-state index contributed by atoms with van der Waals surface area (Å²) in [6, 6.07) is 12.0. The van der Waals surface area contributed by atoms with Gasteiger partial charge in [-0.15, -0.1) is 0 Å². The number of halogens is 1. The standard InChI is InChI=1S/C21H19ClN8/c1-3-30(18-6-4-5-17-15(18)11-24-28-17)20-16(22)12-23-21(27-20)26-14-8-7-13-10-25-29(2)19(13)9-14/h4-12H,3H2,1-2H3,(H,24,28)(H,23,26,27). The van der Waals surface area contributed by atoms with Gasteiger partial charge in [-0.3, -0.25) is 9.78 Å². The summed E-state index contributed by atoms with van der Waals surface area (Å²) in [4.78, 5) is 11.1. The molecule has 5 aromatic rings. The van der Waals surface area contributed by atoms with Gasteiger partial charge in [0.25, 0.3) is 0 Å². The molecule has 2 N–H and O–H groups in total. The van der Waals surface area contributed by atoms with Gasteiger partial charge in [0.05, 0.1) is 35.3 Å². The van der Waals surface area contributed by atoms with Crippen LogP contribution in [-0.4, -0.2) is 36.5 Å². The normalized spacial score (nSPS) is 11.3. The number of anilines is 4. The van der Waals surface area contributed by atoms with E-state index in [-0.39, 0.29) is 0 Å². The van der Waals surface area contributed by atoms with E-state index in [1.807, 2.05) is 60.5 Å². The van der Waals surface area contributed by atoms with Gasteiger partial charge in [-0.25, -0.2) is 4.98 Å². The molecule has 9 heteroatoms. The summed E-state index contributed by atoms with van der Waals surface area (Å²) in [6.07, 6.45) is 5.27. The lowest BCUT2D eigenvalue weighted by Crippen LogP contribution is -2.19. The first-order valence-electron chi connectivity index (χ1n) is 9.55. The van der Waals surface area contributed by atoms with E-state index in [9.17, 15) is 0 Å². The molecule has 0 radical (unpaired) electrons. The fourth-order valence-corrected chi connectivity index (χ4v) is 3.77. The van der Waals surface area contributed by atoms with Crippen molar-refractivity contribution in [2.75, 3.05) is 16.8 Å².